The van der Waals surface area contributed by atoms with Crippen molar-refractivity contribution in [3.8, 4) is 28.4 Å². The van der Waals surface area contributed by atoms with E-state index >= 15 is 0 Å². The molecule has 4 heterocycles. The van der Waals surface area contributed by atoms with Gasteiger partial charge in [0.1, 0.15) is 32.1 Å². The van der Waals surface area contributed by atoms with Gasteiger partial charge in [0.05, 0.1) is 22.4 Å². The van der Waals surface area contributed by atoms with Crippen LogP contribution >= 0.6 is 0 Å². The van der Waals surface area contributed by atoms with E-state index < -0.39 is 8.07 Å². The molecule has 12 rings (SSSR count). The lowest BCUT2D eigenvalue weighted by molar-refractivity contribution is 0.114. The third-order valence-corrected chi connectivity index (χ3v) is 19.8. The summed E-state index contributed by atoms with van der Waals surface area (Å²) in [4.78, 5) is 10.1. The fourth-order valence-electron chi connectivity index (χ4n) is 12.7. The minimum absolute atomic E-state index is 0.0251. The maximum absolute atomic E-state index is 7.21. The van der Waals surface area contributed by atoms with Crippen molar-refractivity contribution in [1.82, 2.24) is 9.55 Å². The van der Waals surface area contributed by atoms with Crippen LogP contribution in [0.1, 0.15) is 101 Å². The molecule has 2 aliphatic carbocycles. The first-order valence-electron chi connectivity index (χ1n) is 24.7. The van der Waals surface area contributed by atoms with Crippen LogP contribution in [0.4, 0.5) is 22.7 Å². The number of fused-ring (bicyclic) bond motifs is 5. The number of nitrogens with zero attached hydrogens (tertiary/aromatic N) is 4. The normalized spacial score (nSPS) is 17.7. The molecular weight excluding hydrogens is 821 g/mol. The number of hydrogen-bond donors (Lipinski definition) is 0. The van der Waals surface area contributed by atoms with E-state index in [4.69, 9.17) is 9.72 Å². The highest BCUT2D eigenvalue weighted by Gasteiger charge is 2.44. The lowest BCUT2D eigenvalue weighted by Crippen LogP contribution is -2.58. The Bertz CT molecular complexity index is 3180. The van der Waals surface area contributed by atoms with E-state index in [2.05, 4.69) is 189 Å². The number of anilines is 4. The molecule has 332 valence electrons. The minimum Gasteiger partial charge on any atom is -0.457 e. The Labute approximate surface area is 392 Å². The number of hydrogen-bond acceptors (Lipinski definition) is 4. The summed E-state index contributed by atoms with van der Waals surface area (Å²) in [5.41, 5.74) is 14.5. The average molecular weight is 883 g/mol. The summed E-state index contributed by atoms with van der Waals surface area (Å²) in [5.74, 6) is 3.23. The van der Waals surface area contributed by atoms with Crippen LogP contribution in [0.5, 0.6) is 11.5 Å². The Morgan fingerprint density at radius 1 is 0.652 bits per heavy atom. The summed E-state index contributed by atoms with van der Waals surface area (Å²) in [6, 6.07) is 49.9. The summed E-state index contributed by atoms with van der Waals surface area (Å²) in [5, 5.41) is 5.38. The van der Waals surface area contributed by atoms with Crippen LogP contribution in [0.2, 0.25) is 13.1 Å². The predicted molar refractivity (Wildman–Crippen MR) is 279 cm³/mol. The van der Waals surface area contributed by atoms with Gasteiger partial charge < -0.3 is 14.5 Å². The molecule has 2 fully saturated rings. The van der Waals surface area contributed by atoms with E-state index in [1.165, 1.54) is 130 Å². The zero-order valence-electron chi connectivity index (χ0n) is 39.6. The number of rotatable bonds is 6. The number of para-hydroxylation sites is 3. The van der Waals surface area contributed by atoms with Gasteiger partial charge in [0, 0.05) is 40.5 Å². The third kappa shape index (κ3) is 6.73. The van der Waals surface area contributed by atoms with Crippen molar-refractivity contribution in [3.63, 3.8) is 0 Å². The van der Waals surface area contributed by atoms with E-state index in [0.717, 1.165) is 35.0 Å². The van der Waals surface area contributed by atoms with Gasteiger partial charge in [0.2, 0.25) is 0 Å². The second kappa shape index (κ2) is 15.5. The Hall–Kier alpha value is -6.11. The third-order valence-electron chi connectivity index (χ3n) is 16.3. The number of aromatic nitrogens is 2. The summed E-state index contributed by atoms with van der Waals surface area (Å²) in [7, 11) is -2.05. The van der Waals surface area contributed by atoms with Crippen molar-refractivity contribution in [3.05, 3.63) is 156 Å². The molecule has 4 aliphatic rings. The molecule has 0 saturated heterocycles. The largest absolute Gasteiger partial charge is 0.457 e. The summed E-state index contributed by atoms with van der Waals surface area (Å²) >= 11 is 0. The summed E-state index contributed by atoms with van der Waals surface area (Å²) < 4.78 is 9.58. The number of benzene rings is 6. The molecule has 5 nitrogen and oxygen atoms in total. The highest BCUT2D eigenvalue weighted by atomic mass is 28.3. The van der Waals surface area contributed by atoms with Crippen molar-refractivity contribution >= 4 is 63.0 Å². The first-order valence-corrected chi connectivity index (χ1v) is 27.7. The maximum Gasteiger partial charge on any atom is 0.137 e. The fourth-order valence-corrected chi connectivity index (χ4v) is 15.7. The van der Waals surface area contributed by atoms with E-state index in [0.29, 0.717) is 11.3 Å². The molecule has 2 aromatic heterocycles. The van der Waals surface area contributed by atoms with Crippen molar-refractivity contribution in [1.29, 1.82) is 0 Å². The van der Waals surface area contributed by atoms with Crippen LogP contribution in [0, 0.1) is 12.3 Å². The first-order chi connectivity index (χ1) is 32.0. The maximum atomic E-state index is 7.21. The van der Waals surface area contributed by atoms with Gasteiger partial charge in [-0.3, -0.25) is 4.57 Å². The van der Waals surface area contributed by atoms with Crippen LogP contribution in [0.15, 0.2) is 140 Å². The van der Waals surface area contributed by atoms with Gasteiger partial charge in [-0.15, -0.1) is 0 Å². The van der Waals surface area contributed by atoms with E-state index in [9.17, 15) is 0 Å². The minimum atomic E-state index is -2.05. The van der Waals surface area contributed by atoms with Gasteiger partial charge in [-0.1, -0.05) is 126 Å². The number of pyridine rings is 1. The first kappa shape index (κ1) is 41.3. The molecule has 0 radical (unpaired) electrons. The quantitative estimate of drug-likeness (QED) is 0.156. The molecular formula is C60H62N4OSi. The van der Waals surface area contributed by atoms with Gasteiger partial charge >= 0.3 is 0 Å². The van der Waals surface area contributed by atoms with Crippen LogP contribution in [0.25, 0.3) is 38.8 Å². The SMILES string of the molecule is Cc1cc(C2CCC3(CCCCC3)CC2)ccc1-c1cc(Oc2ccc3c(c2)N2CN(c4ccccc4)c4cccc(c42)[Si]3(C)C)cc2c1c1ccccc1n2-c1cc(C(C)(C)C)ccn1. The molecule has 0 unspecified atom stereocenters. The molecule has 0 atom stereocenters. The average Bonchev–Trinajstić information content (AvgIpc) is 3.88. The van der Waals surface area contributed by atoms with E-state index in [1.807, 2.05) is 6.20 Å². The molecule has 0 bridgehead atoms. The predicted octanol–water partition coefficient (Wildman–Crippen LogP) is 15.2. The van der Waals surface area contributed by atoms with Crippen LogP contribution in [-0.2, 0) is 5.41 Å². The van der Waals surface area contributed by atoms with E-state index in [-0.39, 0.29) is 5.41 Å². The van der Waals surface area contributed by atoms with Crippen molar-refractivity contribution in [2.45, 2.75) is 110 Å². The molecule has 6 heteroatoms. The number of aryl methyl sites for hydroxylation is 1. The Balaban J connectivity index is 0.988. The molecule has 66 heavy (non-hydrogen) atoms. The fraction of sp³-hybridized carbons (Fsp3) is 0.317. The molecule has 2 saturated carbocycles. The molecule has 2 aliphatic heterocycles. The zero-order chi connectivity index (χ0) is 45.0. The lowest BCUT2D eigenvalue weighted by atomic mass is 9.62. The van der Waals surface area contributed by atoms with Gasteiger partial charge in [-0.25, -0.2) is 4.98 Å². The smallest absolute Gasteiger partial charge is 0.137 e. The summed E-state index contributed by atoms with van der Waals surface area (Å²) in [6.45, 7) is 14.9. The second-order valence-corrected chi connectivity index (χ2v) is 26.0. The standard InChI is InChI=1S/C60H62N4OSi/c1-40-34-42(41-26-31-60(32-27-41)29-13-8-14-30-60)22-24-47(40)49-36-46(38-53-57(49)48-18-11-12-19-50(48)64(53)56-35-43(28-33-61-56)59(2,3)4)65-45-23-25-54-52(37-45)63-39-62(44-16-9-7-10-17-44)51-20-15-21-55(58(51)63)66(54,5)6/h7,9-12,15-25,28,33-38,41H,8,13-14,26-27,29-32,39H2,1-6H3. The monoisotopic (exact) mass is 882 g/mol. The topological polar surface area (TPSA) is 33.5 Å². The van der Waals surface area contributed by atoms with Gasteiger partial charge in [0.15, 0.2) is 0 Å². The molecule has 1 spiro atoms. The van der Waals surface area contributed by atoms with Crippen molar-refractivity contribution in [2.75, 3.05) is 16.5 Å². The van der Waals surface area contributed by atoms with E-state index in [1.54, 1.807) is 0 Å². The highest BCUT2D eigenvalue weighted by Crippen LogP contribution is 2.52. The van der Waals surface area contributed by atoms with Crippen LogP contribution in [0.3, 0.4) is 0 Å². The molecule has 0 N–H and O–H groups in total. The zero-order valence-corrected chi connectivity index (χ0v) is 40.6. The highest BCUT2D eigenvalue weighted by molar-refractivity contribution is 7.02. The van der Waals surface area contributed by atoms with Crippen molar-refractivity contribution in [2.24, 2.45) is 5.41 Å². The van der Waals surface area contributed by atoms with Gasteiger partial charge in [-0.05, 0) is 149 Å². The second-order valence-electron chi connectivity index (χ2n) is 21.7. The van der Waals surface area contributed by atoms with Crippen molar-refractivity contribution < 1.29 is 4.74 Å². The van der Waals surface area contributed by atoms with Crippen LogP contribution in [-0.4, -0.2) is 24.3 Å². The lowest BCUT2D eigenvalue weighted by Gasteiger charge is -2.43. The Morgan fingerprint density at radius 2 is 1.44 bits per heavy atom. The van der Waals surface area contributed by atoms with Gasteiger partial charge in [-0.2, -0.15) is 0 Å². The molecule has 6 aromatic carbocycles. The van der Waals surface area contributed by atoms with Gasteiger partial charge in [0.25, 0.3) is 0 Å². The summed E-state index contributed by atoms with van der Waals surface area (Å²) in [6.07, 6.45) is 14.6. The Kier molecular flexibility index (Phi) is 9.70. The Morgan fingerprint density at radius 3 is 2.23 bits per heavy atom. The molecule has 8 aromatic rings. The molecule has 0 amide bonds. The van der Waals surface area contributed by atoms with Crippen LogP contribution < -0.4 is 24.9 Å². The number of ether oxygens (including phenoxy) is 1.